The van der Waals surface area contributed by atoms with Crippen LogP contribution >= 0.6 is 0 Å². The Labute approximate surface area is 227 Å². The number of likely N-dealkylation sites (N-methyl/N-ethyl adjacent to an activating group) is 1. The van der Waals surface area contributed by atoms with Crippen LogP contribution in [-0.2, 0) is 9.47 Å². The van der Waals surface area contributed by atoms with Crippen LogP contribution in [0.25, 0.3) is 22.6 Å². The summed E-state index contributed by atoms with van der Waals surface area (Å²) in [6.07, 6.45) is -1.24. The first-order valence-electron chi connectivity index (χ1n) is 12.9. The lowest BCUT2D eigenvalue weighted by Gasteiger charge is -2.32. The summed E-state index contributed by atoms with van der Waals surface area (Å²) in [4.78, 5) is 23.4. The molecule has 0 spiro atoms. The van der Waals surface area contributed by atoms with E-state index in [1.807, 2.05) is 45.0 Å². The lowest BCUT2D eigenvalue weighted by Crippen LogP contribution is -2.47. The predicted octanol–water partition coefficient (Wildman–Crippen LogP) is 2.56. The van der Waals surface area contributed by atoms with Crippen molar-refractivity contribution in [3.05, 3.63) is 41.3 Å². The van der Waals surface area contributed by atoms with E-state index >= 15 is 0 Å². The maximum atomic E-state index is 12.0. The molecule has 1 fully saturated rings. The van der Waals surface area contributed by atoms with Gasteiger partial charge in [0.05, 0.1) is 43.3 Å². The molecule has 3 aromatic rings. The molecule has 3 heterocycles. The lowest BCUT2D eigenvalue weighted by molar-refractivity contribution is -0.0176. The van der Waals surface area contributed by atoms with E-state index in [-0.39, 0.29) is 18.8 Å². The Morgan fingerprint density at radius 1 is 1.28 bits per heavy atom. The maximum Gasteiger partial charge on any atom is 0.409 e. The van der Waals surface area contributed by atoms with Crippen LogP contribution in [-0.4, -0.2) is 97.0 Å². The van der Waals surface area contributed by atoms with Crippen LogP contribution in [0.3, 0.4) is 0 Å². The number of amides is 1. The van der Waals surface area contributed by atoms with Crippen molar-refractivity contribution < 1.29 is 28.6 Å². The van der Waals surface area contributed by atoms with Gasteiger partial charge in [0, 0.05) is 30.8 Å². The number of ether oxygens (including phenoxy) is 3. The molecule has 39 heavy (non-hydrogen) atoms. The minimum atomic E-state index is -0.631. The van der Waals surface area contributed by atoms with Crippen LogP contribution in [0.15, 0.2) is 28.8 Å². The Balaban J connectivity index is 1.64. The summed E-state index contributed by atoms with van der Waals surface area (Å²) in [7, 11) is 3.15. The third-order valence-electron chi connectivity index (χ3n) is 6.46. The fourth-order valence-electron chi connectivity index (χ4n) is 4.44. The second-order valence-corrected chi connectivity index (χ2v) is 9.41. The third-order valence-corrected chi connectivity index (χ3v) is 6.46. The van der Waals surface area contributed by atoms with Gasteiger partial charge < -0.3 is 39.4 Å². The van der Waals surface area contributed by atoms with E-state index < -0.39 is 6.10 Å². The fraction of sp³-hybridized carbons (Fsp3) is 0.481. The van der Waals surface area contributed by atoms with E-state index in [0.717, 1.165) is 22.4 Å². The van der Waals surface area contributed by atoms with Crippen LogP contribution in [0.2, 0.25) is 0 Å². The summed E-state index contributed by atoms with van der Waals surface area (Å²) in [5.74, 6) is 2.37. The Morgan fingerprint density at radius 2 is 2.10 bits per heavy atom. The molecular weight excluding hydrogens is 504 g/mol. The van der Waals surface area contributed by atoms with Crippen LogP contribution in [0.4, 0.5) is 10.6 Å². The number of hydrogen-bond acceptors (Lipinski definition) is 11. The number of anilines is 1. The number of aromatic nitrogens is 3. The molecule has 0 aliphatic carbocycles. The van der Waals surface area contributed by atoms with E-state index in [2.05, 4.69) is 15.8 Å². The van der Waals surface area contributed by atoms with Gasteiger partial charge in [0.1, 0.15) is 30.0 Å². The molecular formula is C27H36N6O6. The summed E-state index contributed by atoms with van der Waals surface area (Å²) >= 11 is 0. The first kappa shape index (κ1) is 28.3. The molecule has 2 aromatic heterocycles. The average molecular weight is 541 g/mol. The minimum absolute atomic E-state index is 0.153. The number of benzene rings is 1. The van der Waals surface area contributed by atoms with Gasteiger partial charge in [0.15, 0.2) is 5.82 Å². The summed E-state index contributed by atoms with van der Waals surface area (Å²) in [6, 6.07) is 7.43. The number of hydrogen-bond donors (Lipinski definition) is 3. The van der Waals surface area contributed by atoms with Crippen molar-refractivity contribution in [2.45, 2.75) is 33.0 Å². The Morgan fingerprint density at radius 3 is 2.82 bits per heavy atom. The molecule has 1 amide bonds. The monoisotopic (exact) mass is 540 g/mol. The highest BCUT2D eigenvalue weighted by molar-refractivity contribution is 5.74. The van der Waals surface area contributed by atoms with Crippen molar-refractivity contribution in [2.24, 2.45) is 0 Å². The number of aliphatic hydroxyl groups is 1. The van der Waals surface area contributed by atoms with Gasteiger partial charge in [0.25, 0.3) is 0 Å². The number of methoxy groups -OCH3 is 1. The normalized spacial score (nSPS) is 16.2. The number of morpholine rings is 1. The topological polar surface area (TPSA) is 144 Å². The SMILES string of the molecule is CNCC(O)COc1cccc(-c2nc(NCC3CN(C(=O)OC)CCO3)c(C)c(-c3c(C)noc3C)n2)c1. The molecule has 4 rings (SSSR count). The average Bonchev–Trinajstić information content (AvgIpc) is 3.28. The van der Waals surface area contributed by atoms with Crippen LogP contribution in [0, 0.1) is 20.8 Å². The lowest BCUT2D eigenvalue weighted by atomic mass is 10.0. The summed E-state index contributed by atoms with van der Waals surface area (Å²) in [6.45, 7) is 8.01. The minimum Gasteiger partial charge on any atom is -0.491 e. The molecule has 0 radical (unpaired) electrons. The van der Waals surface area contributed by atoms with Gasteiger partial charge in [-0.1, -0.05) is 17.3 Å². The number of nitrogens with one attached hydrogen (secondary N) is 2. The van der Waals surface area contributed by atoms with E-state index in [0.29, 0.717) is 61.6 Å². The quantitative estimate of drug-likeness (QED) is 0.349. The molecule has 2 unspecified atom stereocenters. The van der Waals surface area contributed by atoms with E-state index in [4.69, 9.17) is 28.7 Å². The Bertz CT molecular complexity index is 1260. The number of nitrogens with zero attached hydrogens (tertiary/aromatic N) is 4. The van der Waals surface area contributed by atoms with Crippen LogP contribution in [0.5, 0.6) is 5.75 Å². The molecule has 1 aliphatic rings. The fourth-order valence-corrected chi connectivity index (χ4v) is 4.44. The number of rotatable bonds is 10. The van der Waals surface area contributed by atoms with Gasteiger partial charge in [-0.15, -0.1) is 0 Å². The third kappa shape index (κ3) is 6.83. The first-order chi connectivity index (χ1) is 18.8. The van der Waals surface area contributed by atoms with E-state index in [1.165, 1.54) is 7.11 Å². The van der Waals surface area contributed by atoms with Gasteiger partial charge in [0.2, 0.25) is 0 Å². The van der Waals surface area contributed by atoms with Crippen molar-refractivity contribution >= 4 is 11.9 Å². The number of aryl methyl sites for hydroxylation is 2. The molecule has 0 bridgehead atoms. The zero-order chi connectivity index (χ0) is 27.9. The predicted molar refractivity (Wildman–Crippen MR) is 145 cm³/mol. The molecule has 1 saturated heterocycles. The number of aliphatic hydroxyl groups excluding tert-OH is 1. The maximum absolute atomic E-state index is 12.0. The summed E-state index contributed by atoms with van der Waals surface area (Å²) in [5.41, 5.74) is 3.82. The standard InChI is InChI=1S/C27H36N6O6/c1-16-24(23-17(2)32-39-18(23)3)30-26(19-7-6-8-21(11-19)38-15-20(34)12-28-4)31-25(16)29-13-22-14-33(9-10-37-22)27(35)36-5/h6-8,11,20,22,28,34H,9-10,12-15H2,1-5H3,(H,29,30,31). The number of carbonyl (C=O) groups is 1. The highest BCUT2D eigenvalue weighted by atomic mass is 16.5. The van der Waals surface area contributed by atoms with Gasteiger partial charge in [-0.25, -0.2) is 14.8 Å². The molecule has 1 aliphatic heterocycles. The van der Waals surface area contributed by atoms with Crippen molar-refractivity contribution in [1.29, 1.82) is 0 Å². The van der Waals surface area contributed by atoms with Gasteiger partial charge in [-0.2, -0.15) is 0 Å². The second kappa shape index (κ2) is 12.9. The molecule has 0 saturated carbocycles. The molecule has 1 aromatic carbocycles. The smallest absolute Gasteiger partial charge is 0.409 e. The van der Waals surface area contributed by atoms with Crippen molar-refractivity contribution in [3.8, 4) is 28.4 Å². The van der Waals surface area contributed by atoms with Crippen molar-refractivity contribution in [1.82, 2.24) is 25.3 Å². The Kier molecular flexibility index (Phi) is 9.33. The highest BCUT2D eigenvalue weighted by Gasteiger charge is 2.26. The molecule has 210 valence electrons. The zero-order valence-electron chi connectivity index (χ0n) is 23.0. The molecule has 3 N–H and O–H groups in total. The van der Waals surface area contributed by atoms with Crippen molar-refractivity contribution in [3.63, 3.8) is 0 Å². The second-order valence-electron chi connectivity index (χ2n) is 9.41. The number of carbonyl (C=O) groups excluding carboxylic acids is 1. The van der Waals surface area contributed by atoms with Gasteiger partial charge >= 0.3 is 6.09 Å². The van der Waals surface area contributed by atoms with Gasteiger partial charge in [-0.05, 0) is 40.0 Å². The zero-order valence-corrected chi connectivity index (χ0v) is 23.0. The highest BCUT2D eigenvalue weighted by Crippen LogP contribution is 2.33. The summed E-state index contributed by atoms with van der Waals surface area (Å²) in [5, 5.41) is 20.5. The molecule has 12 heteroatoms. The van der Waals surface area contributed by atoms with Crippen LogP contribution in [0.1, 0.15) is 17.0 Å². The Hall–Kier alpha value is -3.74. The van der Waals surface area contributed by atoms with Crippen molar-refractivity contribution in [2.75, 3.05) is 58.9 Å². The van der Waals surface area contributed by atoms with E-state index in [1.54, 1.807) is 11.9 Å². The van der Waals surface area contributed by atoms with Crippen LogP contribution < -0.4 is 15.4 Å². The molecule has 12 nitrogen and oxygen atoms in total. The largest absolute Gasteiger partial charge is 0.491 e. The summed E-state index contributed by atoms with van der Waals surface area (Å²) < 4.78 is 22.0. The van der Waals surface area contributed by atoms with Gasteiger partial charge in [-0.3, -0.25) is 0 Å². The first-order valence-corrected chi connectivity index (χ1v) is 12.9. The van der Waals surface area contributed by atoms with E-state index in [9.17, 15) is 9.90 Å². The molecule has 2 atom stereocenters.